The van der Waals surface area contributed by atoms with E-state index >= 15 is 0 Å². The van der Waals surface area contributed by atoms with Crippen molar-refractivity contribution in [3.05, 3.63) is 42.2 Å². The molecule has 1 aliphatic rings. The topological polar surface area (TPSA) is 49.6 Å². The van der Waals surface area contributed by atoms with Crippen molar-refractivity contribution >= 4 is 5.91 Å². The van der Waals surface area contributed by atoms with Crippen molar-refractivity contribution in [3.8, 4) is 11.3 Å². The van der Waals surface area contributed by atoms with E-state index in [0.717, 1.165) is 68.8 Å². The van der Waals surface area contributed by atoms with Gasteiger partial charge >= 0.3 is 0 Å². The third-order valence-corrected chi connectivity index (χ3v) is 5.33. The number of aromatic nitrogens is 1. The summed E-state index contributed by atoms with van der Waals surface area (Å²) in [5, 5.41) is 4.16. The van der Waals surface area contributed by atoms with Crippen LogP contribution in [-0.2, 0) is 11.2 Å². The van der Waals surface area contributed by atoms with Crippen LogP contribution in [0.15, 0.2) is 40.9 Å². The maximum absolute atomic E-state index is 12.9. The zero-order valence-electron chi connectivity index (χ0n) is 16.6. The van der Waals surface area contributed by atoms with Crippen molar-refractivity contribution in [2.75, 3.05) is 26.7 Å². The third kappa shape index (κ3) is 5.19. The van der Waals surface area contributed by atoms with Gasteiger partial charge in [-0.05, 0) is 38.8 Å². The lowest BCUT2D eigenvalue weighted by Crippen LogP contribution is -2.50. The predicted molar refractivity (Wildman–Crippen MR) is 107 cm³/mol. The third-order valence-electron chi connectivity index (χ3n) is 5.33. The molecule has 2 aromatic rings. The Hall–Kier alpha value is -2.14. The van der Waals surface area contributed by atoms with Gasteiger partial charge in [0.2, 0.25) is 5.91 Å². The summed E-state index contributed by atoms with van der Waals surface area (Å²) >= 11 is 0. The number of amides is 1. The minimum Gasteiger partial charge on any atom is -0.361 e. The number of likely N-dealkylation sites (tertiary alicyclic amines) is 1. The summed E-state index contributed by atoms with van der Waals surface area (Å²) in [7, 11) is 1.93. The summed E-state index contributed by atoms with van der Waals surface area (Å²) in [6.07, 6.45) is 6.13. The fraction of sp³-hybridized carbons (Fsp3) is 0.545. The number of carbonyl (C=O) groups excluding carboxylic acids is 1. The van der Waals surface area contributed by atoms with E-state index in [1.54, 1.807) is 0 Å². The highest BCUT2D eigenvalue weighted by Crippen LogP contribution is 2.21. The van der Waals surface area contributed by atoms with Gasteiger partial charge in [-0.1, -0.05) is 48.8 Å². The first-order chi connectivity index (χ1) is 13.2. The SMILES string of the molecule is CCCN1CCCCC1C(=O)N(C)CCCc1cc(-c2ccccc2)no1. The van der Waals surface area contributed by atoms with E-state index in [9.17, 15) is 4.79 Å². The van der Waals surface area contributed by atoms with Crippen molar-refractivity contribution in [2.45, 2.75) is 51.5 Å². The van der Waals surface area contributed by atoms with Gasteiger partial charge in [0.1, 0.15) is 11.5 Å². The molecule has 1 amide bonds. The molecule has 1 atom stereocenters. The molecule has 1 saturated heterocycles. The average Bonchev–Trinajstić information content (AvgIpc) is 3.18. The molecule has 3 rings (SSSR count). The van der Waals surface area contributed by atoms with Crippen LogP contribution < -0.4 is 0 Å². The van der Waals surface area contributed by atoms with Crippen LogP contribution in [-0.4, -0.2) is 53.6 Å². The molecule has 0 spiro atoms. The molecule has 0 saturated carbocycles. The maximum Gasteiger partial charge on any atom is 0.239 e. The molecule has 27 heavy (non-hydrogen) atoms. The lowest BCUT2D eigenvalue weighted by atomic mass is 10.0. The summed E-state index contributed by atoms with van der Waals surface area (Å²) in [5.74, 6) is 1.14. The summed E-state index contributed by atoms with van der Waals surface area (Å²) in [6, 6.07) is 12.1. The first-order valence-corrected chi connectivity index (χ1v) is 10.2. The van der Waals surface area contributed by atoms with Gasteiger partial charge in [-0.25, -0.2) is 0 Å². The molecule has 146 valence electrons. The standard InChI is InChI=1S/C22H31N3O2/c1-3-14-25-16-8-7-13-21(25)22(26)24(2)15-9-12-19-17-20(23-27-19)18-10-5-4-6-11-18/h4-6,10-11,17,21H,3,7-9,12-16H2,1-2H3. The van der Waals surface area contributed by atoms with E-state index in [4.69, 9.17) is 4.52 Å². The molecule has 1 fully saturated rings. The predicted octanol–water partition coefficient (Wildman–Crippen LogP) is 4.00. The van der Waals surface area contributed by atoms with Gasteiger partial charge < -0.3 is 9.42 Å². The zero-order valence-corrected chi connectivity index (χ0v) is 16.6. The first-order valence-electron chi connectivity index (χ1n) is 10.2. The molecule has 1 unspecified atom stereocenters. The monoisotopic (exact) mass is 369 g/mol. The Morgan fingerprint density at radius 1 is 1.30 bits per heavy atom. The van der Waals surface area contributed by atoms with Crippen LogP contribution in [0.2, 0.25) is 0 Å². The number of hydrogen-bond donors (Lipinski definition) is 0. The second-order valence-corrected chi connectivity index (χ2v) is 7.46. The molecule has 0 aliphatic carbocycles. The summed E-state index contributed by atoms with van der Waals surface area (Å²) in [4.78, 5) is 17.1. The highest BCUT2D eigenvalue weighted by molar-refractivity contribution is 5.81. The number of piperidine rings is 1. The van der Waals surface area contributed by atoms with Crippen molar-refractivity contribution in [2.24, 2.45) is 0 Å². The van der Waals surface area contributed by atoms with Crippen LogP contribution >= 0.6 is 0 Å². The number of nitrogens with zero attached hydrogens (tertiary/aromatic N) is 3. The maximum atomic E-state index is 12.9. The van der Waals surface area contributed by atoms with Gasteiger partial charge in [-0.15, -0.1) is 0 Å². The van der Waals surface area contributed by atoms with E-state index in [1.165, 1.54) is 6.42 Å². The Bertz CT molecular complexity index is 711. The number of rotatable bonds is 8. The second kappa shape index (κ2) is 9.70. The lowest BCUT2D eigenvalue weighted by Gasteiger charge is -2.36. The average molecular weight is 370 g/mol. The van der Waals surface area contributed by atoms with E-state index in [-0.39, 0.29) is 11.9 Å². The number of benzene rings is 1. The largest absolute Gasteiger partial charge is 0.361 e. The van der Waals surface area contributed by atoms with Crippen LogP contribution in [0.25, 0.3) is 11.3 Å². The zero-order chi connectivity index (χ0) is 19.1. The molecule has 0 bridgehead atoms. The van der Waals surface area contributed by atoms with Crippen molar-refractivity contribution in [3.63, 3.8) is 0 Å². The Morgan fingerprint density at radius 3 is 2.89 bits per heavy atom. The van der Waals surface area contributed by atoms with Gasteiger partial charge in [0.05, 0.1) is 6.04 Å². The Morgan fingerprint density at radius 2 is 2.11 bits per heavy atom. The summed E-state index contributed by atoms with van der Waals surface area (Å²) < 4.78 is 5.46. The van der Waals surface area contributed by atoms with Crippen LogP contribution in [0.1, 0.15) is 44.8 Å². The minimum atomic E-state index is 0.0682. The summed E-state index contributed by atoms with van der Waals surface area (Å²) in [5.41, 5.74) is 1.93. The van der Waals surface area contributed by atoms with E-state index < -0.39 is 0 Å². The van der Waals surface area contributed by atoms with Crippen molar-refractivity contribution < 1.29 is 9.32 Å². The number of carbonyl (C=O) groups is 1. The van der Waals surface area contributed by atoms with Gasteiger partial charge in [-0.3, -0.25) is 9.69 Å². The number of aryl methyl sites for hydroxylation is 1. The lowest BCUT2D eigenvalue weighted by molar-refractivity contribution is -0.137. The molecular formula is C22H31N3O2. The Kier molecular flexibility index (Phi) is 7.04. The highest BCUT2D eigenvalue weighted by atomic mass is 16.5. The van der Waals surface area contributed by atoms with Crippen LogP contribution in [0, 0.1) is 0 Å². The van der Waals surface area contributed by atoms with Crippen molar-refractivity contribution in [1.29, 1.82) is 0 Å². The van der Waals surface area contributed by atoms with Crippen LogP contribution in [0.4, 0.5) is 0 Å². The molecule has 5 heteroatoms. The van der Waals surface area contributed by atoms with Gasteiger partial charge in [-0.2, -0.15) is 0 Å². The summed E-state index contributed by atoms with van der Waals surface area (Å²) in [6.45, 7) is 5.00. The highest BCUT2D eigenvalue weighted by Gasteiger charge is 2.29. The molecule has 2 heterocycles. The van der Waals surface area contributed by atoms with E-state index in [0.29, 0.717) is 0 Å². The minimum absolute atomic E-state index is 0.0682. The molecule has 1 aliphatic heterocycles. The van der Waals surface area contributed by atoms with Crippen LogP contribution in [0.3, 0.4) is 0 Å². The fourth-order valence-corrected chi connectivity index (χ4v) is 3.86. The smallest absolute Gasteiger partial charge is 0.239 e. The molecule has 1 aromatic carbocycles. The quantitative estimate of drug-likeness (QED) is 0.706. The number of likely N-dealkylation sites (N-methyl/N-ethyl adjacent to an activating group) is 1. The number of hydrogen-bond acceptors (Lipinski definition) is 4. The molecule has 1 aromatic heterocycles. The van der Waals surface area contributed by atoms with Crippen molar-refractivity contribution in [1.82, 2.24) is 15.0 Å². The molecule has 5 nitrogen and oxygen atoms in total. The molecule has 0 N–H and O–H groups in total. The first kappa shape index (κ1) is 19.6. The normalized spacial score (nSPS) is 17.8. The Labute approximate surface area is 162 Å². The molecule has 0 radical (unpaired) electrons. The van der Waals surface area contributed by atoms with Gasteiger partial charge in [0.25, 0.3) is 0 Å². The second-order valence-electron chi connectivity index (χ2n) is 7.46. The molecular weight excluding hydrogens is 338 g/mol. The Balaban J connectivity index is 1.48. The van der Waals surface area contributed by atoms with E-state index in [2.05, 4.69) is 17.0 Å². The van der Waals surface area contributed by atoms with Crippen LogP contribution in [0.5, 0.6) is 0 Å². The van der Waals surface area contributed by atoms with Gasteiger partial charge in [0, 0.05) is 31.6 Å². The van der Waals surface area contributed by atoms with Gasteiger partial charge in [0.15, 0.2) is 0 Å². The fourth-order valence-electron chi connectivity index (χ4n) is 3.86. The van der Waals surface area contributed by atoms with E-state index in [1.807, 2.05) is 48.3 Å².